The van der Waals surface area contributed by atoms with Gasteiger partial charge in [0.15, 0.2) is 0 Å². The van der Waals surface area contributed by atoms with Crippen LogP contribution < -0.4 is 0 Å². The van der Waals surface area contributed by atoms with Crippen molar-refractivity contribution in [2.45, 2.75) is 6.92 Å². The topological polar surface area (TPSA) is 90.9 Å². The molecule has 5 nitrogen and oxygen atoms in total. The number of fused-ring (bicyclic) bond motifs is 3. The lowest BCUT2D eigenvalue weighted by Crippen LogP contribution is -2.00. The minimum Gasteiger partial charge on any atom is -0.508 e. The van der Waals surface area contributed by atoms with Gasteiger partial charge in [-0.05, 0) is 24.6 Å². The summed E-state index contributed by atoms with van der Waals surface area (Å²) in [6, 6.07) is 5.89. The molecule has 2 aromatic carbocycles. The van der Waals surface area contributed by atoms with Crippen molar-refractivity contribution in [3.8, 4) is 11.5 Å². The number of rotatable bonds is 1. The smallest absolute Gasteiger partial charge is 0.339 e. The number of carboxylic acid groups (broad SMARTS) is 1. The van der Waals surface area contributed by atoms with Crippen LogP contribution in [0.5, 0.6) is 11.5 Å². The highest BCUT2D eigenvalue weighted by molar-refractivity contribution is 6.11. The molecule has 3 rings (SSSR count). The number of hydrogen-bond acceptors (Lipinski definition) is 4. The number of aryl methyl sites for hydroxylation is 1. The molecule has 0 radical (unpaired) electrons. The summed E-state index contributed by atoms with van der Waals surface area (Å²) in [6.07, 6.45) is 0. The van der Waals surface area contributed by atoms with Gasteiger partial charge in [-0.2, -0.15) is 0 Å². The van der Waals surface area contributed by atoms with Crippen molar-refractivity contribution in [1.29, 1.82) is 0 Å². The van der Waals surface area contributed by atoms with E-state index >= 15 is 0 Å². The van der Waals surface area contributed by atoms with Crippen LogP contribution in [0.3, 0.4) is 0 Å². The number of aromatic carboxylic acids is 1. The van der Waals surface area contributed by atoms with Crippen LogP contribution in [-0.4, -0.2) is 21.3 Å². The molecule has 0 bridgehead atoms. The van der Waals surface area contributed by atoms with Crippen LogP contribution in [0.2, 0.25) is 0 Å². The molecule has 0 saturated carbocycles. The summed E-state index contributed by atoms with van der Waals surface area (Å²) in [5.41, 5.74) is 1.14. The van der Waals surface area contributed by atoms with Crippen molar-refractivity contribution in [2.75, 3.05) is 0 Å². The fraction of sp³-hybridized carbons (Fsp3) is 0.0714. The van der Waals surface area contributed by atoms with Crippen molar-refractivity contribution in [1.82, 2.24) is 0 Å². The Balaban J connectivity index is 2.53. The van der Waals surface area contributed by atoms with E-state index in [1.165, 1.54) is 18.2 Å². The molecular formula is C14H10O5. The van der Waals surface area contributed by atoms with Crippen molar-refractivity contribution in [3.05, 3.63) is 35.4 Å². The SMILES string of the molecule is Cc1c(C(=O)O)c(O)cc2oc3cc(O)ccc3c12. The number of aromatic hydroxyl groups is 2. The third kappa shape index (κ3) is 1.52. The van der Waals surface area contributed by atoms with Crippen LogP contribution in [0.4, 0.5) is 0 Å². The van der Waals surface area contributed by atoms with Crippen LogP contribution in [-0.2, 0) is 0 Å². The number of carboxylic acids is 1. The van der Waals surface area contributed by atoms with Gasteiger partial charge in [0.1, 0.15) is 28.2 Å². The van der Waals surface area contributed by atoms with Gasteiger partial charge in [0.25, 0.3) is 0 Å². The first-order valence-electron chi connectivity index (χ1n) is 5.60. The Morgan fingerprint density at radius 1 is 1.16 bits per heavy atom. The van der Waals surface area contributed by atoms with E-state index < -0.39 is 5.97 Å². The number of phenolic OH excluding ortho intramolecular Hbond substituents is 1. The second kappa shape index (κ2) is 3.65. The summed E-state index contributed by atoms with van der Waals surface area (Å²) in [5, 5.41) is 29.6. The van der Waals surface area contributed by atoms with E-state index in [0.29, 0.717) is 27.5 Å². The first-order chi connectivity index (χ1) is 8.99. The molecule has 3 aromatic rings. The van der Waals surface area contributed by atoms with Crippen LogP contribution in [0.1, 0.15) is 15.9 Å². The molecule has 0 aliphatic carbocycles. The summed E-state index contributed by atoms with van der Waals surface area (Å²) < 4.78 is 5.52. The lowest BCUT2D eigenvalue weighted by atomic mass is 10.0. The van der Waals surface area contributed by atoms with E-state index in [9.17, 15) is 15.0 Å². The maximum Gasteiger partial charge on any atom is 0.339 e. The lowest BCUT2D eigenvalue weighted by Gasteiger charge is -2.04. The summed E-state index contributed by atoms with van der Waals surface area (Å²) >= 11 is 0. The second-order valence-electron chi connectivity index (χ2n) is 4.36. The molecule has 0 atom stereocenters. The summed E-state index contributed by atoms with van der Waals surface area (Å²) in [7, 11) is 0. The fourth-order valence-electron chi connectivity index (χ4n) is 2.38. The van der Waals surface area contributed by atoms with Crippen molar-refractivity contribution in [2.24, 2.45) is 0 Å². The van der Waals surface area contributed by atoms with E-state index in [-0.39, 0.29) is 17.1 Å². The number of hydrogen-bond donors (Lipinski definition) is 3. The number of benzene rings is 2. The van der Waals surface area contributed by atoms with Gasteiger partial charge in [-0.25, -0.2) is 4.79 Å². The van der Waals surface area contributed by atoms with Gasteiger partial charge in [-0.15, -0.1) is 0 Å². The minimum absolute atomic E-state index is 0.0619. The molecule has 0 amide bonds. The summed E-state index contributed by atoms with van der Waals surface area (Å²) in [5.74, 6) is -1.46. The zero-order chi connectivity index (χ0) is 13.7. The monoisotopic (exact) mass is 258 g/mol. The molecule has 1 aromatic heterocycles. The number of phenols is 2. The highest BCUT2D eigenvalue weighted by atomic mass is 16.4. The van der Waals surface area contributed by atoms with Gasteiger partial charge in [-0.1, -0.05) is 0 Å². The predicted molar refractivity (Wildman–Crippen MR) is 68.7 cm³/mol. The van der Waals surface area contributed by atoms with Gasteiger partial charge in [-0.3, -0.25) is 0 Å². The van der Waals surface area contributed by atoms with Crippen LogP contribution in [0.15, 0.2) is 28.7 Å². The van der Waals surface area contributed by atoms with Crippen molar-refractivity contribution in [3.63, 3.8) is 0 Å². The Morgan fingerprint density at radius 2 is 1.89 bits per heavy atom. The van der Waals surface area contributed by atoms with Gasteiger partial charge in [0, 0.05) is 22.9 Å². The minimum atomic E-state index is -1.19. The predicted octanol–water partition coefficient (Wildman–Crippen LogP) is 3.00. The van der Waals surface area contributed by atoms with Crippen molar-refractivity contribution < 1.29 is 24.5 Å². The number of furan rings is 1. The molecule has 0 saturated heterocycles. The van der Waals surface area contributed by atoms with Gasteiger partial charge in [0.2, 0.25) is 0 Å². The number of carbonyl (C=O) groups is 1. The zero-order valence-electron chi connectivity index (χ0n) is 9.97. The molecule has 0 aliphatic heterocycles. The Bertz CT molecular complexity index is 829. The van der Waals surface area contributed by atoms with E-state index in [1.807, 2.05) is 0 Å². The second-order valence-corrected chi connectivity index (χ2v) is 4.36. The Morgan fingerprint density at radius 3 is 2.58 bits per heavy atom. The molecule has 0 aliphatic rings. The highest BCUT2D eigenvalue weighted by Gasteiger charge is 2.20. The summed E-state index contributed by atoms with van der Waals surface area (Å²) in [4.78, 5) is 11.2. The van der Waals surface area contributed by atoms with Crippen LogP contribution >= 0.6 is 0 Å². The average molecular weight is 258 g/mol. The molecule has 19 heavy (non-hydrogen) atoms. The van der Waals surface area contributed by atoms with Gasteiger partial charge in [0.05, 0.1) is 0 Å². The molecular weight excluding hydrogens is 248 g/mol. The largest absolute Gasteiger partial charge is 0.508 e. The van der Waals surface area contributed by atoms with E-state index in [0.717, 1.165) is 0 Å². The third-order valence-electron chi connectivity index (χ3n) is 3.19. The lowest BCUT2D eigenvalue weighted by molar-refractivity contribution is 0.0693. The van der Waals surface area contributed by atoms with Gasteiger partial charge < -0.3 is 19.7 Å². The average Bonchev–Trinajstić information content (AvgIpc) is 2.65. The Labute approximate surface area is 107 Å². The molecule has 0 fully saturated rings. The van der Waals surface area contributed by atoms with E-state index in [2.05, 4.69) is 0 Å². The first-order valence-corrected chi connectivity index (χ1v) is 5.60. The molecule has 0 unspecified atom stereocenters. The maximum absolute atomic E-state index is 11.2. The molecule has 96 valence electrons. The maximum atomic E-state index is 11.2. The molecule has 0 spiro atoms. The van der Waals surface area contributed by atoms with Crippen molar-refractivity contribution >= 4 is 27.9 Å². The normalized spacial score (nSPS) is 11.2. The van der Waals surface area contributed by atoms with Crippen LogP contribution in [0, 0.1) is 6.92 Å². The zero-order valence-corrected chi connectivity index (χ0v) is 9.97. The Hall–Kier alpha value is -2.69. The fourth-order valence-corrected chi connectivity index (χ4v) is 2.38. The molecule has 3 N–H and O–H groups in total. The van der Waals surface area contributed by atoms with E-state index in [4.69, 9.17) is 9.52 Å². The highest BCUT2D eigenvalue weighted by Crippen LogP contribution is 2.37. The Kier molecular flexibility index (Phi) is 2.19. The van der Waals surface area contributed by atoms with Gasteiger partial charge >= 0.3 is 5.97 Å². The summed E-state index contributed by atoms with van der Waals surface area (Å²) in [6.45, 7) is 1.62. The standard InChI is InChI=1S/C14H10O5/c1-6-12-8-3-2-7(15)4-10(8)19-11(12)5-9(16)13(6)14(17)18/h2-5,15-16H,1H3,(H,17,18). The first kappa shape index (κ1) is 11.4. The molecule has 5 heteroatoms. The van der Waals surface area contributed by atoms with E-state index in [1.54, 1.807) is 13.0 Å². The third-order valence-corrected chi connectivity index (χ3v) is 3.19. The molecule has 1 heterocycles. The quantitative estimate of drug-likeness (QED) is 0.624. The van der Waals surface area contributed by atoms with Crippen LogP contribution in [0.25, 0.3) is 21.9 Å².